The Kier molecular flexibility index (Phi) is 7.28. The number of carbonyl (C=O) groups excluding carboxylic acids is 1. The number of carbonyl (C=O) groups is 1. The second kappa shape index (κ2) is 10.1. The number of benzene rings is 1. The van der Waals surface area contributed by atoms with E-state index in [1.807, 2.05) is 0 Å². The van der Waals surface area contributed by atoms with Gasteiger partial charge in [-0.3, -0.25) is 4.79 Å². The average Bonchev–Trinajstić information content (AvgIpc) is 2.74. The van der Waals surface area contributed by atoms with Gasteiger partial charge >= 0.3 is 0 Å². The normalized spacial score (nSPS) is 10.9. The molecule has 0 unspecified atom stereocenters. The van der Waals surface area contributed by atoms with Crippen LogP contribution in [0.15, 0.2) is 59.6 Å². The van der Waals surface area contributed by atoms with Crippen LogP contribution in [0.3, 0.4) is 0 Å². The van der Waals surface area contributed by atoms with E-state index in [-0.39, 0.29) is 42.6 Å². The van der Waals surface area contributed by atoms with E-state index in [1.165, 1.54) is 30.9 Å². The second-order valence-corrected chi connectivity index (χ2v) is 9.53. The lowest BCUT2D eigenvalue weighted by atomic mass is 10.2. The van der Waals surface area contributed by atoms with Crippen molar-refractivity contribution in [2.24, 2.45) is 4.36 Å². The van der Waals surface area contributed by atoms with Crippen LogP contribution in [0.5, 0.6) is 0 Å². The topological polar surface area (TPSA) is 121 Å². The zero-order valence-electron chi connectivity index (χ0n) is 17.8. The first kappa shape index (κ1) is 23.7. The fraction of sp³-hybridized carbons (Fsp3) is 0.143. The Bertz CT molecular complexity index is 1320. The zero-order chi connectivity index (χ0) is 24.0. The van der Waals surface area contributed by atoms with Gasteiger partial charge in [0.15, 0.2) is 17.5 Å². The van der Waals surface area contributed by atoms with Gasteiger partial charge in [0.2, 0.25) is 5.95 Å². The third-order valence-electron chi connectivity index (χ3n) is 3.91. The van der Waals surface area contributed by atoms with Crippen molar-refractivity contribution in [1.29, 1.82) is 0 Å². The number of rotatable bonds is 8. The fourth-order valence-corrected chi connectivity index (χ4v) is 3.11. The van der Waals surface area contributed by atoms with E-state index in [1.54, 1.807) is 18.2 Å². The molecule has 1 amide bonds. The number of hydrogen-bond donors (Lipinski definition) is 3. The smallest absolute Gasteiger partial charge is 0.256 e. The van der Waals surface area contributed by atoms with E-state index < -0.39 is 27.3 Å². The lowest BCUT2D eigenvalue weighted by molar-refractivity contribution is 0.0958. The summed E-state index contributed by atoms with van der Waals surface area (Å²) in [5.74, 6) is -1.85. The maximum absolute atomic E-state index is 13.5. The number of halogens is 2. The van der Waals surface area contributed by atoms with Gasteiger partial charge in [0.1, 0.15) is 17.2 Å². The molecule has 0 spiro atoms. The molecule has 2 aromatic heterocycles. The summed E-state index contributed by atoms with van der Waals surface area (Å²) in [7, 11) is -2.43. The Balaban J connectivity index is 0.00000408. The molecular formula is C21H23F2N7O2S. The van der Waals surface area contributed by atoms with Crippen LogP contribution in [0.25, 0.3) is 0 Å². The van der Waals surface area contributed by atoms with Crippen molar-refractivity contribution in [3.05, 3.63) is 72.4 Å². The number of nitrogens with zero attached hydrogens (tertiary/aromatic N) is 4. The number of hydrogen-bond acceptors (Lipinski definition) is 8. The Hall–Kier alpha value is -3.93. The predicted octanol–water partition coefficient (Wildman–Crippen LogP) is 4.16. The lowest BCUT2D eigenvalue weighted by Gasteiger charge is -2.13. The van der Waals surface area contributed by atoms with Gasteiger partial charge in [0.05, 0.1) is 0 Å². The highest BCUT2D eigenvalue weighted by Gasteiger charge is 2.16. The number of nitrogens with one attached hydrogen (secondary N) is 3. The Labute approximate surface area is 191 Å². The third-order valence-corrected chi connectivity index (χ3v) is 4.54. The van der Waals surface area contributed by atoms with Crippen molar-refractivity contribution >= 4 is 44.7 Å². The molecule has 33 heavy (non-hydrogen) atoms. The summed E-state index contributed by atoms with van der Waals surface area (Å²) in [4.78, 5) is 25.2. The van der Waals surface area contributed by atoms with Crippen LogP contribution in [-0.2, 0) is 9.73 Å². The SMILES string of the molecule is C=CCNC(=O)c1cnc(Nc2ccc(F)c(F)c2)nc1Nc1cccc(N=S(C)(C)=O)n1.[HH]. The van der Waals surface area contributed by atoms with Gasteiger partial charge in [0.25, 0.3) is 5.91 Å². The standard InChI is InChI=1S/C21H21F2N7O2S.H2/c1-4-10-24-20(31)14-12-25-21(26-13-8-9-15(22)16(23)11-13)29-19(14)28-17-6-5-7-18(27-17)30-33(2,3)32;/h4-9,11-12H,1,10H2,2-3H3,(H,24,31)(H2,25,26,27,28,29);1H. The van der Waals surface area contributed by atoms with Gasteiger partial charge in [-0.15, -0.1) is 6.58 Å². The molecule has 12 heteroatoms. The summed E-state index contributed by atoms with van der Waals surface area (Å²) < 4.78 is 42.7. The van der Waals surface area contributed by atoms with Crippen molar-refractivity contribution < 1.29 is 19.2 Å². The highest BCUT2D eigenvalue weighted by molar-refractivity contribution is 7.92. The third kappa shape index (κ3) is 6.77. The summed E-state index contributed by atoms with van der Waals surface area (Å²) in [5.41, 5.74) is 0.315. The van der Waals surface area contributed by atoms with Gasteiger partial charge < -0.3 is 16.0 Å². The molecule has 3 aromatic rings. The summed E-state index contributed by atoms with van der Waals surface area (Å²) in [5, 5.41) is 8.32. The first-order valence-corrected chi connectivity index (χ1v) is 11.9. The molecule has 9 nitrogen and oxygen atoms in total. The van der Waals surface area contributed by atoms with Gasteiger partial charge in [-0.25, -0.2) is 23.0 Å². The van der Waals surface area contributed by atoms with Crippen molar-refractivity contribution in [2.45, 2.75) is 0 Å². The van der Waals surface area contributed by atoms with Crippen LogP contribution < -0.4 is 16.0 Å². The molecule has 174 valence electrons. The minimum absolute atomic E-state index is 0. The minimum atomic E-state index is -2.43. The minimum Gasteiger partial charge on any atom is -0.348 e. The highest BCUT2D eigenvalue weighted by atomic mass is 32.2. The van der Waals surface area contributed by atoms with Crippen molar-refractivity contribution in [2.75, 3.05) is 29.7 Å². The van der Waals surface area contributed by atoms with Crippen molar-refractivity contribution in [3.8, 4) is 0 Å². The van der Waals surface area contributed by atoms with E-state index in [4.69, 9.17) is 0 Å². The summed E-state index contributed by atoms with van der Waals surface area (Å²) in [6, 6.07) is 8.09. The van der Waals surface area contributed by atoms with Crippen molar-refractivity contribution in [3.63, 3.8) is 0 Å². The summed E-state index contributed by atoms with van der Waals surface area (Å²) >= 11 is 0. The molecule has 0 saturated carbocycles. The maximum Gasteiger partial charge on any atom is 0.256 e. The van der Waals surface area contributed by atoms with Crippen LogP contribution in [0.4, 0.5) is 37.9 Å². The number of amides is 1. The number of aromatic nitrogens is 3. The van der Waals surface area contributed by atoms with Gasteiger partial charge in [-0.1, -0.05) is 12.1 Å². The van der Waals surface area contributed by atoms with E-state index >= 15 is 0 Å². The number of anilines is 4. The molecule has 2 heterocycles. The second-order valence-electron chi connectivity index (χ2n) is 6.99. The molecular weight excluding hydrogens is 452 g/mol. The largest absolute Gasteiger partial charge is 0.348 e. The molecule has 0 fully saturated rings. The Morgan fingerprint density at radius 3 is 2.67 bits per heavy atom. The molecule has 0 aliphatic heterocycles. The van der Waals surface area contributed by atoms with E-state index in [0.29, 0.717) is 0 Å². The monoisotopic (exact) mass is 475 g/mol. The van der Waals surface area contributed by atoms with E-state index in [9.17, 15) is 17.8 Å². The maximum atomic E-state index is 13.5. The van der Waals surface area contributed by atoms with Crippen LogP contribution >= 0.6 is 0 Å². The molecule has 0 saturated heterocycles. The Morgan fingerprint density at radius 2 is 1.97 bits per heavy atom. The fourth-order valence-electron chi connectivity index (χ4n) is 2.56. The first-order valence-electron chi connectivity index (χ1n) is 9.54. The molecule has 0 aliphatic carbocycles. The summed E-state index contributed by atoms with van der Waals surface area (Å²) in [6.07, 6.45) is 5.76. The van der Waals surface area contributed by atoms with Gasteiger partial charge in [-0.2, -0.15) is 9.35 Å². The zero-order valence-corrected chi connectivity index (χ0v) is 18.6. The predicted molar refractivity (Wildman–Crippen MR) is 126 cm³/mol. The Morgan fingerprint density at radius 1 is 1.18 bits per heavy atom. The van der Waals surface area contributed by atoms with E-state index in [2.05, 4.69) is 41.8 Å². The van der Waals surface area contributed by atoms with Crippen LogP contribution in [0.2, 0.25) is 0 Å². The molecule has 0 aliphatic rings. The van der Waals surface area contributed by atoms with Crippen molar-refractivity contribution in [1.82, 2.24) is 20.3 Å². The highest BCUT2D eigenvalue weighted by Crippen LogP contribution is 2.23. The van der Waals surface area contributed by atoms with Crippen LogP contribution in [-0.4, -0.2) is 44.1 Å². The van der Waals surface area contributed by atoms with Gasteiger partial charge in [-0.05, 0) is 24.3 Å². The van der Waals surface area contributed by atoms with E-state index in [0.717, 1.165) is 12.1 Å². The molecule has 3 N–H and O–H groups in total. The molecule has 0 radical (unpaired) electrons. The first-order chi connectivity index (χ1) is 15.6. The molecule has 0 atom stereocenters. The van der Waals surface area contributed by atoms with Crippen LogP contribution in [0.1, 0.15) is 11.8 Å². The van der Waals surface area contributed by atoms with Gasteiger partial charge in [0, 0.05) is 48.2 Å². The molecule has 3 rings (SSSR count). The molecule has 0 bridgehead atoms. The van der Waals surface area contributed by atoms with Crippen LogP contribution in [0, 0.1) is 11.6 Å². The summed E-state index contributed by atoms with van der Waals surface area (Å²) in [6.45, 7) is 3.78. The number of pyridine rings is 1. The lowest BCUT2D eigenvalue weighted by Crippen LogP contribution is -2.25. The average molecular weight is 476 g/mol. The molecule has 1 aromatic carbocycles. The quantitative estimate of drug-likeness (QED) is 0.418.